The van der Waals surface area contributed by atoms with Crippen LogP contribution in [0.1, 0.15) is 25.3 Å². The van der Waals surface area contributed by atoms with E-state index in [1.807, 2.05) is 6.92 Å². The van der Waals surface area contributed by atoms with Gasteiger partial charge in [0.2, 0.25) is 5.91 Å². The van der Waals surface area contributed by atoms with Crippen molar-refractivity contribution >= 4 is 74.6 Å². The van der Waals surface area contributed by atoms with E-state index in [0.717, 1.165) is 24.6 Å². The third kappa shape index (κ3) is 4.18. The highest BCUT2D eigenvalue weighted by Crippen LogP contribution is 2.44. The number of hydrogen-bond donors (Lipinski definition) is 1. The van der Waals surface area contributed by atoms with Crippen LogP contribution >= 0.6 is 35.6 Å². The second kappa shape index (κ2) is 9.44. The topological polar surface area (TPSA) is 69.7 Å². The molecule has 3 amide bonds. The summed E-state index contributed by atoms with van der Waals surface area (Å²) in [4.78, 5) is 42.4. The number of carbonyl (C=O) groups is 3. The first-order valence-corrected chi connectivity index (χ1v) is 11.8. The molecule has 1 saturated heterocycles. The lowest BCUT2D eigenvalue weighted by Gasteiger charge is -2.17. The normalized spacial score (nSPS) is 17.9. The number of nitrogens with zero attached hydrogens (tertiary/aromatic N) is 2. The Morgan fingerprint density at radius 3 is 2.53 bits per heavy atom. The van der Waals surface area contributed by atoms with Gasteiger partial charge in [0.15, 0.2) is 0 Å². The number of para-hydroxylation sites is 2. The summed E-state index contributed by atoms with van der Waals surface area (Å²) in [6, 6.07) is 14.0. The number of anilines is 2. The van der Waals surface area contributed by atoms with E-state index in [1.54, 1.807) is 53.4 Å². The molecule has 0 spiro atoms. The van der Waals surface area contributed by atoms with Crippen LogP contribution in [0, 0.1) is 0 Å². The third-order valence-corrected chi connectivity index (χ3v) is 6.96. The Morgan fingerprint density at radius 2 is 1.78 bits per heavy atom. The number of thiocarbonyl (C=S) groups is 1. The lowest BCUT2D eigenvalue weighted by molar-refractivity contribution is -0.122. The summed E-state index contributed by atoms with van der Waals surface area (Å²) in [6.45, 7) is 2.36. The Balaban J connectivity index is 1.64. The molecule has 0 aliphatic carbocycles. The number of amides is 3. The number of halogens is 1. The summed E-state index contributed by atoms with van der Waals surface area (Å²) in [6.07, 6.45) is 1.76. The van der Waals surface area contributed by atoms with Crippen LogP contribution in [0.4, 0.5) is 11.4 Å². The zero-order chi connectivity index (χ0) is 22.8. The van der Waals surface area contributed by atoms with Gasteiger partial charge in [-0.05, 0) is 24.6 Å². The van der Waals surface area contributed by atoms with E-state index >= 15 is 0 Å². The Kier molecular flexibility index (Phi) is 6.64. The minimum atomic E-state index is -0.392. The average Bonchev–Trinajstić information content (AvgIpc) is 3.20. The van der Waals surface area contributed by atoms with Crippen LogP contribution in [0.15, 0.2) is 53.4 Å². The highest BCUT2D eigenvalue weighted by atomic mass is 35.5. The van der Waals surface area contributed by atoms with Crippen LogP contribution < -0.4 is 10.2 Å². The summed E-state index contributed by atoms with van der Waals surface area (Å²) < 4.78 is 0.450. The number of benzene rings is 2. The quantitative estimate of drug-likeness (QED) is 0.474. The summed E-state index contributed by atoms with van der Waals surface area (Å²) in [5.41, 5.74) is 1.97. The molecule has 9 heteroatoms. The Morgan fingerprint density at radius 1 is 1.06 bits per heavy atom. The first kappa shape index (κ1) is 22.5. The van der Waals surface area contributed by atoms with Gasteiger partial charge in [0, 0.05) is 12.1 Å². The number of carbonyl (C=O) groups excluding carboxylic acids is 3. The maximum Gasteiger partial charge on any atom is 0.267 e. The highest BCUT2D eigenvalue weighted by Gasteiger charge is 2.42. The van der Waals surface area contributed by atoms with Gasteiger partial charge in [-0.3, -0.25) is 24.2 Å². The lowest BCUT2D eigenvalue weighted by Crippen LogP contribution is -2.35. The number of unbranched alkanes of at least 4 members (excludes halogenated alkanes) is 1. The molecule has 32 heavy (non-hydrogen) atoms. The van der Waals surface area contributed by atoms with Crippen LogP contribution in [0.5, 0.6) is 0 Å². The molecule has 2 aromatic carbocycles. The van der Waals surface area contributed by atoms with Crippen molar-refractivity contribution in [2.45, 2.75) is 19.8 Å². The van der Waals surface area contributed by atoms with Crippen LogP contribution in [0.25, 0.3) is 5.57 Å². The van der Waals surface area contributed by atoms with Crippen molar-refractivity contribution in [3.05, 3.63) is 64.0 Å². The molecule has 0 aromatic heterocycles. The minimum Gasteiger partial charge on any atom is -0.323 e. The van der Waals surface area contributed by atoms with E-state index in [4.69, 9.17) is 23.8 Å². The number of thioether (sulfide) groups is 1. The zero-order valence-corrected chi connectivity index (χ0v) is 19.6. The van der Waals surface area contributed by atoms with Crippen molar-refractivity contribution in [2.24, 2.45) is 0 Å². The molecular weight excluding hydrogens is 466 g/mol. The standard InChI is InChI=1S/C23H20ClN3O3S2/c1-2-3-12-26-22(30)20(32-23(26)31)19-14-8-4-7-11-17(14)27(21(19)29)13-18(28)25-16-10-6-5-9-15(16)24/h4-11H,2-3,12-13H2,1H3,(H,25,28)/b20-19-. The van der Waals surface area contributed by atoms with Gasteiger partial charge in [0.25, 0.3) is 11.8 Å². The van der Waals surface area contributed by atoms with Crippen molar-refractivity contribution < 1.29 is 14.4 Å². The fourth-order valence-corrected chi connectivity index (χ4v) is 5.17. The summed E-state index contributed by atoms with van der Waals surface area (Å²) in [7, 11) is 0. The van der Waals surface area contributed by atoms with Gasteiger partial charge in [0.1, 0.15) is 10.9 Å². The van der Waals surface area contributed by atoms with E-state index in [9.17, 15) is 14.4 Å². The van der Waals surface area contributed by atoms with Gasteiger partial charge in [-0.1, -0.05) is 79.3 Å². The molecule has 0 bridgehead atoms. The molecule has 2 aromatic rings. The molecule has 0 saturated carbocycles. The molecule has 6 nitrogen and oxygen atoms in total. The number of nitrogens with one attached hydrogen (secondary N) is 1. The Bertz CT molecular complexity index is 1160. The van der Waals surface area contributed by atoms with Gasteiger partial charge < -0.3 is 5.32 Å². The molecule has 1 N–H and O–H groups in total. The van der Waals surface area contributed by atoms with Crippen molar-refractivity contribution in [3.63, 3.8) is 0 Å². The smallest absolute Gasteiger partial charge is 0.267 e. The van der Waals surface area contributed by atoms with Crippen LogP contribution in [0.2, 0.25) is 5.02 Å². The van der Waals surface area contributed by atoms with E-state index in [0.29, 0.717) is 43.3 Å². The SMILES string of the molecule is CCCCN1C(=O)/C(=C2/C(=O)N(CC(=O)Nc3ccccc3Cl)c3ccccc32)SC1=S. The van der Waals surface area contributed by atoms with E-state index in [-0.39, 0.29) is 12.5 Å². The fraction of sp³-hybridized carbons (Fsp3) is 0.217. The Labute approximate surface area is 200 Å². The maximum atomic E-state index is 13.4. The predicted molar refractivity (Wildman–Crippen MR) is 133 cm³/mol. The molecule has 2 aliphatic rings. The lowest BCUT2D eigenvalue weighted by atomic mass is 10.1. The molecule has 0 atom stereocenters. The van der Waals surface area contributed by atoms with Crippen molar-refractivity contribution in [1.29, 1.82) is 0 Å². The molecule has 0 unspecified atom stereocenters. The van der Waals surface area contributed by atoms with E-state index in [2.05, 4.69) is 5.32 Å². The number of hydrogen-bond acceptors (Lipinski definition) is 5. The predicted octanol–water partition coefficient (Wildman–Crippen LogP) is 4.70. The zero-order valence-electron chi connectivity index (χ0n) is 17.3. The van der Waals surface area contributed by atoms with Crippen LogP contribution in [-0.2, 0) is 14.4 Å². The monoisotopic (exact) mass is 485 g/mol. The van der Waals surface area contributed by atoms with Gasteiger partial charge in [0.05, 0.1) is 26.9 Å². The van der Waals surface area contributed by atoms with Crippen molar-refractivity contribution in [1.82, 2.24) is 4.90 Å². The van der Waals surface area contributed by atoms with Crippen LogP contribution in [-0.4, -0.2) is 40.0 Å². The summed E-state index contributed by atoms with van der Waals surface area (Å²) in [5, 5.41) is 3.14. The molecule has 164 valence electrons. The van der Waals surface area contributed by atoms with Gasteiger partial charge in [-0.2, -0.15) is 0 Å². The fourth-order valence-electron chi connectivity index (χ4n) is 3.61. The second-order valence-corrected chi connectivity index (χ2v) is 9.37. The van der Waals surface area contributed by atoms with Crippen molar-refractivity contribution in [2.75, 3.05) is 23.3 Å². The maximum absolute atomic E-state index is 13.4. The molecule has 0 radical (unpaired) electrons. The minimum absolute atomic E-state index is 0.208. The van der Waals surface area contributed by atoms with Gasteiger partial charge >= 0.3 is 0 Å². The van der Waals surface area contributed by atoms with Crippen molar-refractivity contribution in [3.8, 4) is 0 Å². The largest absolute Gasteiger partial charge is 0.323 e. The molecule has 2 heterocycles. The first-order chi connectivity index (χ1) is 15.4. The molecule has 2 aliphatic heterocycles. The summed E-state index contributed by atoms with van der Waals surface area (Å²) >= 11 is 12.7. The van der Waals surface area contributed by atoms with Gasteiger partial charge in [-0.15, -0.1) is 0 Å². The van der Waals surface area contributed by atoms with E-state index < -0.39 is 11.8 Å². The van der Waals surface area contributed by atoms with Gasteiger partial charge in [-0.25, -0.2) is 0 Å². The van der Waals surface area contributed by atoms with E-state index in [1.165, 1.54) is 4.90 Å². The first-order valence-electron chi connectivity index (χ1n) is 10.2. The third-order valence-electron chi connectivity index (χ3n) is 5.18. The second-order valence-electron chi connectivity index (χ2n) is 7.32. The number of fused-ring (bicyclic) bond motifs is 1. The number of rotatable bonds is 6. The average molecular weight is 486 g/mol. The molecular formula is C23H20ClN3O3S2. The van der Waals surface area contributed by atoms with Crippen LogP contribution in [0.3, 0.4) is 0 Å². The summed E-state index contributed by atoms with van der Waals surface area (Å²) in [5.74, 6) is -1.04. The molecule has 1 fully saturated rings. The highest BCUT2D eigenvalue weighted by molar-refractivity contribution is 8.26. The molecule has 4 rings (SSSR count). The Hall–Kier alpha value is -2.68.